The summed E-state index contributed by atoms with van der Waals surface area (Å²) in [5, 5.41) is 9.47. The van der Waals surface area contributed by atoms with Crippen LogP contribution in [-0.4, -0.2) is 35.2 Å². The summed E-state index contributed by atoms with van der Waals surface area (Å²) in [7, 11) is 0. The summed E-state index contributed by atoms with van der Waals surface area (Å²) in [6, 6.07) is 7.86. The molecule has 3 aliphatic heterocycles. The van der Waals surface area contributed by atoms with E-state index in [1.165, 1.54) is 0 Å². The van der Waals surface area contributed by atoms with Gasteiger partial charge in [-0.3, -0.25) is 9.59 Å². The molecule has 1 amide bonds. The van der Waals surface area contributed by atoms with Crippen molar-refractivity contribution in [1.82, 2.24) is 0 Å². The molecular weight excluding hydrogens is 282 g/mol. The van der Waals surface area contributed by atoms with Crippen molar-refractivity contribution >= 4 is 17.6 Å². The second-order valence-corrected chi connectivity index (χ2v) is 6.23. The van der Waals surface area contributed by atoms with Gasteiger partial charge in [-0.15, -0.1) is 0 Å². The number of carboxylic acids is 1. The van der Waals surface area contributed by atoms with Crippen LogP contribution in [0.1, 0.15) is 12.5 Å². The normalized spacial score (nSPS) is 35.0. The van der Waals surface area contributed by atoms with Crippen LogP contribution >= 0.6 is 0 Å². The van der Waals surface area contributed by atoms with Gasteiger partial charge in [0.2, 0.25) is 5.91 Å². The van der Waals surface area contributed by atoms with E-state index in [-0.39, 0.29) is 11.9 Å². The first kappa shape index (κ1) is 13.5. The number of hydrogen-bond acceptors (Lipinski definition) is 3. The number of carbonyl (C=O) groups is 2. The summed E-state index contributed by atoms with van der Waals surface area (Å²) < 4.78 is 5.62. The molecule has 4 rings (SSSR count). The van der Waals surface area contributed by atoms with Crippen LogP contribution in [0.2, 0.25) is 0 Å². The minimum atomic E-state index is -0.963. The summed E-state index contributed by atoms with van der Waals surface area (Å²) >= 11 is 0. The number of fused-ring (bicyclic) bond motifs is 3. The zero-order valence-corrected chi connectivity index (χ0v) is 12.2. The minimum absolute atomic E-state index is 0.0439. The Morgan fingerprint density at radius 3 is 2.59 bits per heavy atom. The second-order valence-electron chi connectivity index (χ2n) is 6.23. The van der Waals surface area contributed by atoms with Gasteiger partial charge in [0.15, 0.2) is 0 Å². The van der Waals surface area contributed by atoms with Crippen LogP contribution in [0.25, 0.3) is 0 Å². The van der Waals surface area contributed by atoms with E-state index in [1.807, 2.05) is 37.3 Å². The van der Waals surface area contributed by atoms with Crippen molar-refractivity contribution in [2.24, 2.45) is 11.8 Å². The molecule has 3 heterocycles. The maximum atomic E-state index is 13.1. The van der Waals surface area contributed by atoms with Crippen LogP contribution in [0.15, 0.2) is 36.4 Å². The average Bonchev–Trinajstić information content (AvgIpc) is 3.17. The van der Waals surface area contributed by atoms with E-state index >= 15 is 0 Å². The summed E-state index contributed by atoms with van der Waals surface area (Å²) in [5.74, 6) is -2.53. The SMILES string of the molecule is C[C@@H]1Cc2ccccc2N1C(=O)[C@H]1[C@@H](C(=O)O)[C@H]2C=C[C@@H]1O2. The Morgan fingerprint density at radius 1 is 1.18 bits per heavy atom. The van der Waals surface area contributed by atoms with Crippen molar-refractivity contribution in [3.8, 4) is 0 Å². The van der Waals surface area contributed by atoms with Gasteiger partial charge in [-0.25, -0.2) is 0 Å². The Kier molecular flexibility index (Phi) is 2.87. The van der Waals surface area contributed by atoms with E-state index in [9.17, 15) is 14.7 Å². The fourth-order valence-electron chi connectivity index (χ4n) is 3.96. The molecule has 0 saturated carbocycles. The highest BCUT2D eigenvalue weighted by atomic mass is 16.5. The Hall–Kier alpha value is -2.14. The number of carboxylic acid groups (broad SMARTS) is 1. The van der Waals surface area contributed by atoms with E-state index in [1.54, 1.807) is 11.0 Å². The molecule has 22 heavy (non-hydrogen) atoms. The number of benzene rings is 1. The van der Waals surface area contributed by atoms with Crippen LogP contribution in [-0.2, 0) is 20.7 Å². The number of anilines is 1. The lowest BCUT2D eigenvalue weighted by Crippen LogP contribution is -2.47. The smallest absolute Gasteiger partial charge is 0.310 e. The molecule has 1 N–H and O–H groups in total. The van der Waals surface area contributed by atoms with Crippen LogP contribution in [0, 0.1) is 11.8 Å². The third kappa shape index (κ3) is 1.75. The monoisotopic (exact) mass is 299 g/mol. The Morgan fingerprint density at radius 2 is 1.86 bits per heavy atom. The van der Waals surface area contributed by atoms with Gasteiger partial charge >= 0.3 is 5.97 Å². The van der Waals surface area contributed by atoms with E-state index in [0.29, 0.717) is 0 Å². The van der Waals surface area contributed by atoms with Crippen molar-refractivity contribution < 1.29 is 19.4 Å². The zero-order valence-electron chi connectivity index (χ0n) is 12.2. The van der Waals surface area contributed by atoms with Gasteiger partial charge < -0.3 is 14.7 Å². The predicted octanol–water partition coefficient (Wildman–Crippen LogP) is 1.62. The molecule has 3 aliphatic rings. The molecule has 0 radical (unpaired) electrons. The molecule has 0 aliphatic carbocycles. The van der Waals surface area contributed by atoms with Gasteiger partial charge in [0.25, 0.3) is 0 Å². The van der Waals surface area contributed by atoms with Crippen molar-refractivity contribution in [3.05, 3.63) is 42.0 Å². The van der Waals surface area contributed by atoms with Crippen molar-refractivity contribution in [2.45, 2.75) is 31.6 Å². The van der Waals surface area contributed by atoms with Gasteiger partial charge in [0.1, 0.15) is 5.92 Å². The van der Waals surface area contributed by atoms with Gasteiger partial charge in [0.05, 0.1) is 18.1 Å². The molecule has 114 valence electrons. The molecule has 5 heteroatoms. The third-order valence-electron chi connectivity index (χ3n) is 4.91. The molecule has 0 spiro atoms. The number of ether oxygens (including phenoxy) is 1. The van der Waals surface area contributed by atoms with Crippen LogP contribution in [0.3, 0.4) is 0 Å². The molecule has 1 aromatic carbocycles. The lowest BCUT2D eigenvalue weighted by molar-refractivity contribution is -0.146. The molecule has 0 aromatic heterocycles. The highest BCUT2D eigenvalue weighted by Gasteiger charge is 2.55. The zero-order chi connectivity index (χ0) is 15.4. The van der Waals surface area contributed by atoms with Crippen molar-refractivity contribution in [1.29, 1.82) is 0 Å². The lowest BCUT2D eigenvalue weighted by atomic mass is 9.82. The van der Waals surface area contributed by atoms with Crippen LogP contribution < -0.4 is 4.90 Å². The molecule has 1 fully saturated rings. The number of nitrogens with zero attached hydrogens (tertiary/aromatic N) is 1. The Bertz CT molecular complexity index is 683. The first-order valence-corrected chi connectivity index (χ1v) is 7.55. The first-order valence-electron chi connectivity index (χ1n) is 7.55. The van der Waals surface area contributed by atoms with Crippen molar-refractivity contribution in [2.75, 3.05) is 4.90 Å². The molecule has 5 nitrogen and oxygen atoms in total. The van der Waals surface area contributed by atoms with Crippen molar-refractivity contribution in [3.63, 3.8) is 0 Å². The minimum Gasteiger partial charge on any atom is -0.481 e. The maximum absolute atomic E-state index is 13.1. The van der Waals surface area contributed by atoms with Gasteiger partial charge in [-0.05, 0) is 25.0 Å². The standard InChI is InChI=1S/C17H17NO4/c1-9-8-10-4-2-3-5-11(10)18(9)16(19)14-12-6-7-13(22-12)15(14)17(20)21/h2-7,9,12-15H,8H2,1H3,(H,20,21)/t9-,12+,13-,14-,15+/m1/s1. The van der Waals surface area contributed by atoms with Gasteiger partial charge in [-0.2, -0.15) is 0 Å². The van der Waals surface area contributed by atoms with E-state index < -0.39 is 30.0 Å². The Balaban J connectivity index is 1.70. The Labute approximate surface area is 128 Å². The largest absolute Gasteiger partial charge is 0.481 e. The summed E-state index contributed by atoms with van der Waals surface area (Å²) in [6.07, 6.45) is 3.48. The quantitative estimate of drug-likeness (QED) is 0.843. The summed E-state index contributed by atoms with van der Waals surface area (Å²) in [6.45, 7) is 2.00. The average molecular weight is 299 g/mol. The van der Waals surface area contributed by atoms with Gasteiger partial charge in [-0.1, -0.05) is 30.4 Å². The van der Waals surface area contributed by atoms with E-state index in [2.05, 4.69) is 0 Å². The maximum Gasteiger partial charge on any atom is 0.310 e. The number of carbonyl (C=O) groups excluding carboxylic acids is 1. The highest BCUT2D eigenvalue weighted by Crippen LogP contribution is 2.43. The molecule has 1 saturated heterocycles. The predicted molar refractivity (Wildman–Crippen MR) is 79.5 cm³/mol. The summed E-state index contributed by atoms with van der Waals surface area (Å²) in [4.78, 5) is 26.4. The highest BCUT2D eigenvalue weighted by molar-refractivity contribution is 6.00. The fourth-order valence-corrected chi connectivity index (χ4v) is 3.96. The molecule has 5 atom stereocenters. The van der Waals surface area contributed by atoms with Crippen LogP contribution in [0.5, 0.6) is 0 Å². The second kappa shape index (κ2) is 4.68. The lowest BCUT2D eigenvalue weighted by Gasteiger charge is -2.29. The number of rotatable bonds is 2. The number of amides is 1. The number of hydrogen-bond donors (Lipinski definition) is 1. The van der Waals surface area contributed by atoms with E-state index in [0.717, 1.165) is 17.7 Å². The number of para-hydroxylation sites is 1. The number of aliphatic carboxylic acids is 1. The molecule has 0 unspecified atom stereocenters. The first-order chi connectivity index (χ1) is 10.6. The molecule has 1 aromatic rings. The fraction of sp³-hybridized carbons (Fsp3) is 0.412. The van der Waals surface area contributed by atoms with Gasteiger partial charge in [0, 0.05) is 11.7 Å². The van der Waals surface area contributed by atoms with Crippen LogP contribution in [0.4, 0.5) is 5.69 Å². The van der Waals surface area contributed by atoms with E-state index in [4.69, 9.17) is 4.74 Å². The third-order valence-corrected chi connectivity index (χ3v) is 4.91. The summed E-state index contributed by atoms with van der Waals surface area (Å²) in [5.41, 5.74) is 2.03. The molecule has 2 bridgehead atoms. The molecular formula is C17H17NO4. The topological polar surface area (TPSA) is 66.8 Å².